The molecule has 0 atom stereocenters. The van der Waals surface area contributed by atoms with Gasteiger partial charge in [0.25, 0.3) is 5.69 Å². The molecule has 0 aliphatic rings. The second-order valence-corrected chi connectivity index (χ2v) is 5.24. The molecule has 4 nitrogen and oxygen atoms in total. The molecule has 21 heavy (non-hydrogen) atoms. The highest BCUT2D eigenvalue weighted by molar-refractivity contribution is 14.1. The first-order chi connectivity index (χ1) is 9.77. The predicted octanol–water partition coefficient (Wildman–Crippen LogP) is 5.01. The van der Waals surface area contributed by atoms with Gasteiger partial charge in [-0.25, -0.2) is 0 Å². The molecule has 0 fully saturated rings. The van der Waals surface area contributed by atoms with Gasteiger partial charge in [-0.15, -0.1) is 0 Å². The number of benzene rings is 2. The molecule has 0 unspecified atom stereocenters. The number of hydrogen-bond donors (Lipinski definition) is 0. The third-order valence-corrected chi connectivity index (χ3v) is 3.24. The van der Waals surface area contributed by atoms with Gasteiger partial charge in [0.15, 0.2) is 0 Å². The quantitative estimate of drug-likeness (QED) is 0.407. The van der Waals surface area contributed by atoms with Gasteiger partial charge in [-0.1, -0.05) is 0 Å². The van der Waals surface area contributed by atoms with Gasteiger partial charge < -0.3 is 4.74 Å². The summed E-state index contributed by atoms with van der Waals surface area (Å²) in [6.07, 6.45) is -4.83. The standard InChI is InChI=1S/C13H7F3INO3/c14-13(15,16)11-7-10(5-6-12(11)18(19)20)21-9-3-1-8(17)2-4-9/h1-7H. The number of nitro groups is 1. The molecule has 0 aliphatic heterocycles. The molecule has 0 heterocycles. The Morgan fingerprint density at radius 3 is 2.14 bits per heavy atom. The van der Waals surface area contributed by atoms with Crippen molar-refractivity contribution < 1.29 is 22.8 Å². The van der Waals surface area contributed by atoms with Crippen LogP contribution in [0.5, 0.6) is 11.5 Å². The fraction of sp³-hybridized carbons (Fsp3) is 0.0769. The Hall–Kier alpha value is -1.84. The van der Waals surface area contributed by atoms with E-state index in [1.807, 2.05) is 0 Å². The van der Waals surface area contributed by atoms with Crippen molar-refractivity contribution in [2.24, 2.45) is 0 Å². The zero-order valence-corrected chi connectivity index (χ0v) is 12.4. The Morgan fingerprint density at radius 1 is 1.05 bits per heavy atom. The Labute approximate surface area is 130 Å². The van der Waals surface area contributed by atoms with Gasteiger partial charge in [0, 0.05) is 9.64 Å². The average molecular weight is 409 g/mol. The van der Waals surface area contributed by atoms with Gasteiger partial charge in [0.1, 0.15) is 17.1 Å². The summed E-state index contributed by atoms with van der Waals surface area (Å²) in [6.45, 7) is 0. The van der Waals surface area contributed by atoms with Crippen molar-refractivity contribution in [3.63, 3.8) is 0 Å². The van der Waals surface area contributed by atoms with Crippen molar-refractivity contribution in [3.05, 3.63) is 61.7 Å². The van der Waals surface area contributed by atoms with Crippen LogP contribution in [-0.2, 0) is 6.18 Å². The summed E-state index contributed by atoms with van der Waals surface area (Å²) in [5.74, 6) is 0.228. The number of nitro benzene ring substituents is 1. The highest BCUT2D eigenvalue weighted by Crippen LogP contribution is 2.38. The largest absolute Gasteiger partial charge is 0.457 e. The molecule has 0 aliphatic carbocycles. The first kappa shape index (κ1) is 15.5. The van der Waals surface area contributed by atoms with E-state index in [-0.39, 0.29) is 5.75 Å². The molecule has 2 aromatic carbocycles. The highest BCUT2D eigenvalue weighted by atomic mass is 127. The molecule has 0 saturated carbocycles. The molecular formula is C13H7F3INO3. The number of hydrogen-bond acceptors (Lipinski definition) is 3. The Bertz CT molecular complexity index is 671. The van der Waals surface area contributed by atoms with Crippen LogP contribution in [0.1, 0.15) is 5.56 Å². The van der Waals surface area contributed by atoms with Crippen LogP contribution in [0.2, 0.25) is 0 Å². The summed E-state index contributed by atoms with van der Waals surface area (Å²) >= 11 is 2.08. The number of rotatable bonds is 3. The summed E-state index contributed by atoms with van der Waals surface area (Å²) in [7, 11) is 0. The minimum absolute atomic E-state index is 0.117. The summed E-state index contributed by atoms with van der Waals surface area (Å²) < 4.78 is 44.7. The molecule has 8 heteroatoms. The molecular weight excluding hydrogens is 402 g/mol. The molecule has 2 rings (SSSR count). The van der Waals surface area contributed by atoms with Crippen molar-refractivity contribution >= 4 is 28.3 Å². The van der Waals surface area contributed by atoms with E-state index in [1.165, 1.54) is 0 Å². The lowest BCUT2D eigenvalue weighted by Crippen LogP contribution is -2.09. The maximum atomic E-state index is 12.8. The number of alkyl halides is 3. The first-order valence-corrected chi connectivity index (χ1v) is 6.64. The van der Waals surface area contributed by atoms with Crippen molar-refractivity contribution in [3.8, 4) is 11.5 Å². The Balaban J connectivity index is 2.38. The minimum atomic E-state index is -4.83. The molecule has 110 valence electrons. The van der Waals surface area contributed by atoms with E-state index in [9.17, 15) is 23.3 Å². The van der Waals surface area contributed by atoms with Crippen molar-refractivity contribution in [1.29, 1.82) is 0 Å². The fourth-order valence-corrected chi connectivity index (χ4v) is 1.96. The lowest BCUT2D eigenvalue weighted by Gasteiger charge is -2.10. The highest BCUT2D eigenvalue weighted by Gasteiger charge is 2.38. The normalized spacial score (nSPS) is 11.2. The summed E-state index contributed by atoms with van der Waals surface area (Å²) in [6, 6.07) is 9.18. The number of halogens is 4. The monoisotopic (exact) mass is 409 g/mol. The molecule has 0 N–H and O–H groups in total. The molecule has 2 aromatic rings. The van der Waals surface area contributed by atoms with E-state index < -0.39 is 22.4 Å². The van der Waals surface area contributed by atoms with Gasteiger partial charge >= 0.3 is 6.18 Å². The molecule has 0 bridgehead atoms. The van der Waals surface area contributed by atoms with Crippen LogP contribution in [0.4, 0.5) is 18.9 Å². The van der Waals surface area contributed by atoms with E-state index in [0.717, 1.165) is 15.7 Å². The zero-order chi connectivity index (χ0) is 15.6. The number of nitrogens with zero attached hydrogens (tertiary/aromatic N) is 1. The second kappa shape index (κ2) is 5.88. The molecule has 0 spiro atoms. The van der Waals surface area contributed by atoms with Crippen LogP contribution in [0.3, 0.4) is 0 Å². The molecule has 0 amide bonds. The van der Waals surface area contributed by atoms with E-state index in [4.69, 9.17) is 4.74 Å². The van der Waals surface area contributed by atoms with Crippen LogP contribution in [0.15, 0.2) is 42.5 Å². The second-order valence-electron chi connectivity index (χ2n) is 3.99. The van der Waals surface area contributed by atoms with E-state index in [1.54, 1.807) is 24.3 Å². The van der Waals surface area contributed by atoms with Crippen molar-refractivity contribution in [2.45, 2.75) is 6.18 Å². The fourth-order valence-electron chi connectivity index (χ4n) is 1.60. The third-order valence-electron chi connectivity index (χ3n) is 2.52. The zero-order valence-electron chi connectivity index (χ0n) is 10.2. The van der Waals surface area contributed by atoms with E-state index >= 15 is 0 Å². The number of ether oxygens (including phenoxy) is 1. The smallest absolute Gasteiger partial charge is 0.423 e. The summed E-state index contributed by atoms with van der Waals surface area (Å²) in [5.41, 5.74) is -2.34. The van der Waals surface area contributed by atoms with Crippen molar-refractivity contribution in [1.82, 2.24) is 0 Å². The van der Waals surface area contributed by atoms with E-state index in [0.29, 0.717) is 11.8 Å². The SMILES string of the molecule is O=[N+]([O-])c1ccc(Oc2ccc(I)cc2)cc1C(F)(F)F. The van der Waals surface area contributed by atoms with E-state index in [2.05, 4.69) is 22.6 Å². The average Bonchev–Trinajstić information content (AvgIpc) is 2.40. The molecule has 0 radical (unpaired) electrons. The molecule has 0 saturated heterocycles. The summed E-state index contributed by atoms with van der Waals surface area (Å²) in [5, 5.41) is 10.6. The lowest BCUT2D eigenvalue weighted by atomic mass is 10.1. The van der Waals surface area contributed by atoms with Crippen LogP contribution < -0.4 is 4.74 Å². The van der Waals surface area contributed by atoms with Crippen LogP contribution >= 0.6 is 22.6 Å². The first-order valence-electron chi connectivity index (χ1n) is 5.56. The molecule has 0 aromatic heterocycles. The topological polar surface area (TPSA) is 52.4 Å². The third kappa shape index (κ3) is 3.84. The summed E-state index contributed by atoms with van der Waals surface area (Å²) in [4.78, 5) is 9.57. The lowest BCUT2D eigenvalue weighted by molar-refractivity contribution is -0.388. The van der Waals surface area contributed by atoms with Crippen LogP contribution in [0, 0.1) is 13.7 Å². The van der Waals surface area contributed by atoms with Crippen LogP contribution in [0.25, 0.3) is 0 Å². The Morgan fingerprint density at radius 2 is 1.62 bits per heavy atom. The predicted molar refractivity (Wildman–Crippen MR) is 77.3 cm³/mol. The van der Waals surface area contributed by atoms with Gasteiger partial charge in [-0.2, -0.15) is 13.2 Å². The van der Waals surface area contributed by atoms with Gasteiger partial charge in [0.2, 0.25) is 0 Å². The minimum Gasteiger partial charge on any atom is -0.457 e. The maximum Gasteiger partial charge on any atom is 0.423 e. The van der Waals surface area contributed by atoms with Gasteiger partial charge in [-0.05, 0) is 59.0 Å². The van der Waals surface area contributed by atoms with Gasteiger partial charge in [0.05, 0.1) is 4.92 Å². The van der Waals surface area contributed by atoms with Gasteiger partial charge in [-0.3, -0.25) is 10.1 Å². The Kier molecular flexibility index (Phi) is 4.35. The van der Waals surface area contributed by atoms with Crippen molar-refractivity contribution in [2.75, 3.05) is 0 Å². The maximum absolute atomic E-state index is 12.8. The van der Waals surface area contributed by atoms with Crippen LogP contribution in [-0.4, -0.2) is 4.92 Å².